The van der Waals surface area contributed by atoms with Gasteiger partial charge in [0.05, 0.1) is 6.20 Å². The second kappa shape index (κ2) is 3.36. The topological polar surface area (TPSA) is 49.0 Å². The standard InChI is InChI=1S/C11H15N3O/c15-11-2-1-5-14(11)9-3-4-10-8(6-9)7-12-13-10/h7,9H,1-6H2,(H,12,13)/t9-/m0/s1. The van der Waals surface area contributed by atoms with Crippen molar-refractivity contribution < 1.29 is 4.79 Å². The highest BCUT2D eigenvalue weighted by atomic mass is 16.2. The Kier molecular flexibility index (Phi) is 2.01. The Balaban J connectivity index is 1.78. The minimum Gasteiger partial charge on any atom is -0.339 e. The average molecular weight is 205 g/mol. The predicted molar refractivity (Wildman–Crippen MR) is 55.3 cm³/mol. The highest BCUT2D eigenvalue weighted by molar-refractivity contribution is 5.78. The molecule has 0 unspecified atom stereocenters. The van der Waals surface area contributed by atoms with Gasteiger partial charge in [0.2, 0.25) is 5.91 Å². The van der Waals surface area contributed by atoms with E-state index in [9.17, 15) is 4.79 Å². The van der Waals surface area contributed by atoms with E-state index >= 15 is 0 Å². The maximum absolute atomic E-state index is 11.6. The monoisotopic (exact) mass is 205 g/mol. The van der Waals surface area contributed by atoms with Crippen molar-refractivity contribution in [3.05, 3.63) is 17.5 Å². The van der Waals surface area contributed by atoms with E-state index in [-0.39, 0.29) is 0 Å². The smallest absolute Gasteiger partial charge is 0.222 e. The van der Waals surface area contributed by atoms with Gasteiger partial charge in [-0.15, -0.1) is 0 Å². The molecule has 4 nitrogen and oxygen atoms in total. The molecular weight excluding hydrogens is 190 g/mol. The van der Waals surface area contributed by atoms with Gasteiger partial charge in [-0.05, 0) is 31.2 Å². The van der Waals surface area contributed by atoms with Crippen molar-refractivity contribution in [3.63, 3.8) is 0 Å². The van der Waals surface area contributed by atoms with Crippen molar-refractivity contribution in [2.75, 3.05) is 6.54 Å². The van der Waals surface area contributed by atoms with Gasteiger partial charge in [-0.1, -0.05) is 0 Å². The fraction of sp³-hybridized carbons (Fsp3) is 0.636. The molecule has 1 aliphatic carbocycles. The average Bonchev–Trinajstić information content (AvgIpc) is 2.84. The summed E-state index contributed by atoms with van der Waals surface area (Å²) in [5.41, 5.74) is 2.56. The van der Waals surface area contributed by atoms with Gasteiger partial charge in [-0.25, -0.2) is 0 Å². The number of H-pyrrole nitrogens is 1. The van der Waals surface area contributed by atoms with E-state index < -0.39 is 0 Å². The van der Waals surface area contributed by atoms with Gasteiger partial charge in [-0.3, -0.25) is 9.89 Å². The molecular formula is C11H15N3O. The number of hydrogen-bond acceptors (Lipinski definition) is 2. The molecule has 1 saturated heterocycles. The number of amides is 1. The second-order valence-electron chi connectivity index (χ2n) is 4.46. The van der Waals surface area contributed by atoms with Crippen LogP contribution in [0.2, 0.25) is 0 Å². The number of hydrogen-bond donors (Lipinski definition) is 1. The molecule has 80 valence electrons. The van der Waals surface area contributed by atoms with Crippen molar-refractivity contribution in [3.8, 4) is 0 Å². The van der Waals surface area contributed by atoms with E-state index in [4.69, 9.17) is 0 Å². The Labute approximate surface area is 88.7 Å². The van der Waals surface area contributed by atoms with Gasteiger partial charge in [-0.2, -0.15) is 5.10 Å². The molecule has 1 atom stereocenters. The summed E-state index contributed by atoms with van der Waals surface area (Å²) in [5.74, 6) is 0.340. The number of carbonyl (C=O) groups excluding carboxylic acids is 1. The largest absolute Gasteiger partial charge is 0.339 e. The lowest BCUT2D eigenvalue weighted by atomic mass is 9.92. The first-order valence-electron chi connectivity index (χ1n) is 5.65. The first kappa shape index (κ1) is 8.95. The fourth-order valence-corrected chi connectivity index (χ4v) is 2.72. The molecule has 15 heavy (non-hydrogen) atoms. The van der Waals surface area contributed by atoms with Crippen LogP contribution in [0.5, 0.6) is 0 Å². The first-order valence-corrected chi connectivity index (χ1v) is 5.65. The quantitative estimate of drug-likeness (QED) is 0.740. The molecule has 1 aromatic rings. The zero-order valence-corrected chi connectivity index (χ0v) is 8.70. The van der Waals surface area contributed by atoms with E-state index in [0.29, 0.717) is 11.9 Å². The molecule has 2 aliphatic rings. The SMILES string of the molecule is O=C1CCCN1[C@H]1CCc2[nH]ncc2C1. The van der Waals surface area contributed by atoms with Crippen LogP contribution in [0.4, 0.5) is 0 Å². The Morgan fingerprint density at radius 1 is 1.47 bits per heavy atom. The summed E-state index contributed by atoms with van der Waals surface area (Å²) in [7, 11) is 0. The maximum Gasteiger partial charge on any atom is 0.222 e. The molecule has 1 N–H and O–H groups in total. The Morgan fingerprint density at radius 3 is 3.20 bits per heavy atom. The molecule has 1 aliphatic heterocycles. The van der Waals surface area contributed by atoms with Gasteiger partial charge in [0, 0.05) is 24.7 Å². The second-order valence-corrected chi connectivity index (χ2v) is 4.46. The zero-order valence-electron chi connectivity index (χ0n) is 8.70. The highest BCUT2D eigenvalue weighted by Crippen LogP contribution is 2.25. The van der Waals surface area contributed by atoms with Gasteiger partial charge >= 0.3 is 0 Å². The molecule has 0 bridgehead atoms. The van der Waals surface area contributed by atoms with Crippen molar-refractivity contribution >= 4 is 5.91 Å². The summed E-state index contributed by atoms with van der Waals surface area (Å²) in [6.45, 7) is 0.955. The zero-order chi connectivity index (χ0) is 10.3. The molecule has 4 heteroatoms. The van der Waals surface area contributed by atoms with Crippen LogP contribution in [0, 0.1) is 0 Å². The van der Waals surface area contributed by atoms with Crippen molar-refractivity contribution in [1.29, 1.82) is 0 Å². The van der Waals surface area contributed by atoms with Gasteiger partial charge in [0.15, 0.2) is 0 Å². The summed E-state index contributed by atoms with van der Waals surface area (Å²) in [6.07, 6.45) is 6.78. The van der Waals surface area contributed by atoms with Gasteiger partial charge in [0.25, 0.3) is 0 Å². The molecule has 3 rings (SSSR count). The molecule has 1 amide bonds. The number of carbonyl (C=O) groups is 1. The van der Waals surface area contributed by atoms with E-state index in [2.05, 4.69) is 15.1 Å². The lowest BCUT2D eigenvalue weighted by Gasteiger charge is -2.30. The third-order valence-electron chi connectivity index (χ3n) is 3.54. The summed E-state index contributed by atoms with van der Waals surface area (Å²) < 4.78 is 0. The van der Waals surface area contributed by atoms with Crippen LogP contribution in [-0.2, 0) is 17.6 Å². The molecule has 1 fully saturated rings. The van der Waals surface area contributed by atoms with E-state index in [1.54, 1.807) is 0 Å². The Hall–Kier alpha value is -1.32. The van der Waals surface area contributed by atoms with Crippen LogP contribution in [0.15, 0.2) is 6.20 Å². The summed E-state index contributed by atoms with van der Waals surface area (Å²) >= 11 is 0. The first-order chi connectivity index (χ1) is 7.34. The van der Waals surface area contributed by atoms with E-state index in [0.717, 1.165) is 38.6 Å². The van der Waals surface area contributed by atoms with Crippen LogP contribution < -0.4 is 0 Å². The van der Waals surface area contributed by atoms with Crippen LogP contribution in [0.25, 0.3) is 0 Å². The Bertz CT molecular complexity index is 385. The summed E-state index contributed by atoms with van der Waals surface area (Å²) in [5, 5.41) is 7.08. The number of fused-ring (bicyclic) bond motifs is 1. The third kappa shape index (κ3) is 1.44. The fourth-order valence-electron chi connectivity index (χ4n) is 2.72. The number of aromatic nitrogens is 2. The van der Waals surface area contributed by atoms with Crippen molar-refractivity contribution in [2.45, 2.75) is 38.1 Å². The number of aryl methyl sites for hydroxylation is 1. The van der Waals surface area contributed by atoms with Crippen LogP contribution >= 0.6 is 0 Å². The van der Waals surface area contributed by atoms with Crippen LogP contribution in [0.1, 0.15) is 30.5 Å². The number of likely N-dealkylation sites (tertiary alicyclic amines) is 1. The van der Waals surface area contributed by atoms with E-state index in [1.165, 1.54) is 11.3 Å². The molecule has 0 saturated carbocycles. The third-order valence-corrected chi connectivity index (χ3v) is 3.54. The molecule has 1 aromatic heterocycles. The van der Waals surface area contributed by atoms with Gasteiger partial charge < -0.3 is 4.90 Å². The summed E-state index contributed by atoms with van der Waals surface area (Å²) in [6, 6.07) is 0.421. The molecule has 2 heterocycles. The number of nitrogens with one attached hydrogen (secondary N) is 1. The lowest BCUT2D eigenvalue weighted by Crippen LogP contribution is -2.39. The van der Waals surface area contributed by atoms with Crippen LogP contribution in [-0.4, -0.2) is 33.6 Å². The lowest BCUT2D eigenvalue weighted by molar-refractivity contribution is -0.129. The maximum atomic E-state index is 11.6. The summed E-state index contributed by atoms with van der Waals surface area (Å²) in [4.78, 5) is 13.7. The predicted octanol–water partition coefficient (Wildman–Crippen LogP) is 0.889. The number of aromatic amines is 1. The van der Waals surface area contributed by atoms with Crippen LogP contribution in [0.3, 0.4) is 0 Å². The Morgan fingerprint density at radius 2 is 2.40 bits per heavy atom. The minimum absolute atomic E-state index is 0.340. The van der Waals surface area contributed by atoms with Crippen molar-refractivity contribution in [2.24, 2.45) is 0 Å². The minimum atomic E-state index is 0.340. The van der Waals surface area contributed by atoms with Crippen molar-refractivity contribution in [1.82, 2.24) is 15.1 Å². The normalized spacial score (nSPS) is 25.7. The number of nitrogens with zero attached hydrogens (tertiary/aromatic N) is 2. The molecule has 0 spiro atoms. The highest BCUT2D eigenvalue weighted by Gasteiger charge is 2.30. The molecule has 0 radical (unpaired) electrons. The number of rotatable bonds is 1. The van der Waals surface area contributed by atoms with E-state index in [1.807, 2.05) is 6.20 Å². The van der Waals surface area contributed by atoms with Gasteiger partial charge in [0.1, 0.15) is 0 Å². The molecule has 0 aromatic carbocycles.